The van der Waals surface area contributed by atoms with Crippen LogP contribution >= 0.6 is 0 Å². The van der Waals surface area contributed by atoms with Gasteiger partial charge < -0.3 is 15.8 Å². The van der Waals surface area contributed by atoms with Crippen molar-refractivity contribution >= 4 is 5.91 Å². The molecular weight excluding hydrogens is 218 g/mol. The van der Waals surface area contributed by atoms with Crippen molar-refractivity contribution in [3.8, 4) is 5.75 Å². The van der Waals surface area contributed by atoms with Crippen LogP contribution in [-0.2, 0) is 0 Å². The first kappa shape index (κ1) is 11.9. The van der Waals surface area contributed by atoms with E-state index in [1.807, 2.05) is 0 Å². The van der Waals surface area contributed by atoms with Crippen molar-refractivity contribution in [2.75, 3.05) is 20.2 Å². The van der Waals surface area contributed by atoms with Crippen LogP contribution in [0.1, 0.15) is 23.2 Å². The Kier molecular flexibility index (Phi) is 3.28. The van der Waals surface area contributed by atoms with Crippen LogP contribution in [-0.4, -0.2) is 31.1 Å². The van der Waals surface area contributed by atoms with Crippen LogP contribution in [0.25, 0.3) is 0 Å². The van der Waals surface area contributed by atoms with Crippen molar-refractivity contribution < 1.29 is 9.53 Å². The summed E-state index contributed by atoms with van der Waals surface area (Å²) in [6.45, 7) is 1.26. The SMILES string of the molecule is COc1cnccc1C(=O)NCC1(CN)CC1. The van der Waals surface area contributed by atoms with Crippen LogP contribution < -0.4 is 15.8 Å². The number of nitrogens with one attached hydrogen (secondary N) is 1. The van der Waals surface area contributed by atoms with Gasteiger partial charge in [0.1, 0.15) is 5.75 Å². The summed E-state index contributed by atoms with van der Waals surface area (Å²) in [5.74, 6) is 0.353. The molecule has 1 aliphatic rings. The Balaban J connectivity index is 1.99. The highest BCUT2D eigenvalue weighted by Gasteiger charge is 2.41. The van der Waals surface area contributed by atoms with Crippen LogP contribution in [0.3, 0.4) is 0 Å². The second-order valence-electron chi connectivity index (χ2n) is 4.46. The second-order valence-corrected chi connectivity index (χ2v) is 4.46. The molecule has 1 heterocycles. The number of amides is 1. The normalized spacial score (nSPS) is 16.4. The van der Waals surface area contributed by atoms with Gasteiger partial charge in [0, 0.05) is 18.2 Å². The number of hydrogen-bond acceptors (Lipinski definition) is 4. The zero-order valence-electron chi connectivity index (χ0n) is 9.90. The topological polar surface area (TPSA) is 77.2 Å². The maximum absolute atomic E-state index is 12.0. The molecule has 0 bridgehead atoms. The first-order valence-electron chi connectivity index (χ1n) is 5.67. The Morgan fingerprint density at radius 1 is 1.65 bits per heavy atom. The van der Waals surface area contributed by atoms with E-state index in [1.165, 1.54) is 13.3 Å². The van der Waals surface area contributed by atoms with Gasteiger partial charge in [-0.25, -0.2) is 0 Å². The van der Waals surface area contributed by atoms with E-state index in [0.717, 1.165) is 12.8 Å². The lowest BCUT2D eigenvalue weighted by Crippen LogP contribution is -2.34. The van der Waals surface area contributed by atoms with E-state index >= 15 is 0 Å². The fourth-order valence-electron chi connectivity index (χ4n) is 1.72. The molecular formula is C12H17N3O2. The highest BCUT2D eigenvalue weighted by molar-refractivity contribution is 5.96. The Hall–Kier alpha value is -1.62. The molecule has 17 heavy (non-hydrogen) atoms. The van der Waals surface area contributed by atoms with E-state index in [2.05, 4.69) is 10.3 Å². The molecule has 2 rings (SSSR count). The van der Waals surface area contributed by atoms with Crippen molar-refractivity contribution in [3.63, 3.8) is 0 Å². The quantitative estimate of drug-likeness (QED) is 0.781. The molecule has 5 heteroatoms. The zero-order valence-corrected chi connectivity index (χ0v) is 9.90. The molecule has 0 aliphatic heterocycles. The largest absolute Gasteiger partial charge is 0.494 e. The fraction of sp³-hybridized carbons (Fsp3) is 0.500. The van der Waals surface area contributed by atoms with Gasteiger partial charge >= 0.3 is 0 Å². The van der Waals surface area contributed by atoms with Crippen LogP contribution in [0.2, 0.25) is 0 Å². The number of aromatic nitrogens is 1. The smallest absolute Gasteiger partial charge is 0.255 e. The number of methoxy groups -OCH3 is 1. The highest BCUT2D eigenvalue weighted by Crippen LogP contribution is 2.43. The number of carbonyl (C=O) groups is 1. The third-order valence-corrected chi connectivity index (χ3v) is 3.26. The van der Waals surface area contributed by atoms with E-state index in [9.17, 15) is 4.79 Å². The fourth-order valence-corrected chi connectivity index (χ4v) is 1.72. The molecule has 1 amide bonds. The summed E-state index contributed by atoms with van der Waals surface area (Å²) in [5, 5.41) is 2.90. The minimum atomic E-state index is -0.135. The lowest BCUT2D eigenvalue weighted by atomic mass is 10.1. The summed E-state index contributed by atoms with van der Waals surface area (Å²) < 4.78 is 5.09. The number of carbonyl (C=O) groups excluding carboxylic acids is 1. The Labute approximate surface area is 100 Å². The summed E-state index contributed by atoms with van der Waals surface area (Å²) in [4.78, 5) is 15.9. The van der Waals surface area contributed by atoms with E-state index in [1.54, 1.807) is 12.3 Å². The molecule has 0 radical (unpaired) electrons. The van der Waals surface area contributed by atoms with E-state index in [-0.39, 0.29) is 11.3 Å². The molecule has 5 nitrogen and oxygen atoms in total. The number of pyridine rings is 1. The van der Waals surface area contributed by atoms with Gasteiger partial charge in [-0.15, -0.1) is 0 Å². The van der Waals surface area contributed by atoms with Gasteiger partial charge in [-0.2, -0.15) is 0 Å². The number of ether oxygens (including phenoxy) is 1. The maximum Gasteiger partial charge on any atom is 0.255 e. The van der Waals surface area contributed by atoms with Gasteiger partial charge in [0.2, 0.25) is 0 Å². The molecule has 1 aromatic rings. The number of rotatable bonds is 5. The molecule has 1 aliphatic carbocycles. The van der Waals surface area contributed by atoms with Crippen molar-refractivity contribution in [2.45, 2.75) is 12.8 Å². The molecule has 1 saturated carbocycles. The standard InChI is InChI=1S/C12H17N3O2/c1-17-10-6-14-5-2-9(10)11(16)15-8-12(7-13)3-4-12/h2,5-6H,3-4,7-8,13H2,1H3,(H,15,16). The summed E-state index contributed by atoms with van der Waals surface area (Å²) in [5.41, 5.74) is 6.31. The van der Waals surface area contributed by atoms with Gasteiger partial charge in [0.15, 0.2) is 0 Å². The van der Waals surface area contributed by atoms with Crippen molar-refractivity contribution in [3.05, 3.63) is 24.0 Å². The molecule has 0 spiro atoms. The molecule has 0 saturated heterocycles. The van der Waals surface area contributed by atoms with Gasteiger partial charge in [0.25, 0.3) is 5.91 Å². The van der Waals surface area contributed by atoms with Gasteiger partial charge in [0.05, 0.1) is 18.9 Å². The van der Waals surface area contributed by atoms with Crippen LogP contribution in [0, 0.1) is 5.41 Å². The predicted molar refractivity (Wildman–Crippen MR) is 63.8 cm³/mol. The average molecular weight is 235 g/mol. The van der Waals surface area contributed by atoms with Gasteiger partial charge in [-0.1, -0.05) is 0 Å². The minimum Gasteiger partial charge on any atom is -0.494 e. The summed E-state index contributed by atoms with van der Waals surface area (Å²) in [6, 6.07) is 1.65. The molecule has 1 fully saturated rings. The number of hydrogen-bond donors (Lipinski definition) is 2. The zero-order chi connectivity index (χ0) is 12.3. The monoisotopic (exact) mass is 235 g/mol. The Morgan fingerprint density at radius 2 is 2.41 bits per heavy atom. The molecule has 0 aromatic carbocycles. The second kappa shape index (κ2) is 4.71. The van der Waals surface area contributed by atoms with Crippen molar-refractivity contribution in [1.82, 2.24) is 10.3 Å². The van der Waals surface area contributed by atoms with E-state index in [0.29, 0.717) is 24.4 Å². The summed E-state index contributed by atoms with van der Waals surface area (Å²) in [6.07, 6.45) is 5.30. The molecule has 0 atom stereocenters. The van der Waals surface area contributed by atoms with E-state index in [4.69, 9.17) is 10.5 Å². The van der Waals surface area contributed by atoms with Crippen molar-refractivity contribution in [1.29, 1.82) is 0 Å². The molecule has 92 valence electrons. The van der Waals surface area contributed by atoms with Gasteiger partial charge in [-0.05, 0) is 25.5 Å². The van der Waals surface area contributed by atoms with Crippen molar-refractivity contribution in [2.24, 2.45) is 11.1 Å². The lowest BCUT2D eigenvalue weighted by Gasteiger charge is -2.14. The van der Waals surface area contributed by atoms with E-state index < -0.39 is 0 Å². The minimum absolute atomic E-state index is 0.135. The Bertz CT molecular complexity index is 416. The highest BCUT2D eigenvalue weighted by atomic mass is 16.5. The molecule has 3 N–H and O–H groups in total. The average Bonchev–Trinajstić information content (AvgIpc) is 3.16. The van der Waals surface area contributed by atoms with Crippen LogP contribution in [0.5, 0.6) is 5.75 Å². The summed E-state index contributed by atoms with van der Waals surface area (Å²) in [7, 11) is 1.52. The first-order valence-corrected chi connectivity index (χ1v) is 5.67. The summed E-state index contributed by atoms with van der Waals surface area (Å²) >= 11 is 0. The van der Waals surface area contributed by atoms with Crippen LogP contribution in [0.4, 0.5) is 0 Å². The number of nitrogens with zero attached hydrogens (tertiary/aromatic N) is 1. The third-order valence-electron chi connectivity index (χ3n) is 3.26. The van der Waals surface area contributed by atoms with Crippen LogP contribution in [0.15, 0.2) is 18.5 Å². The number of nitrogens with two attached hydrogens (primary N) is 1. The molecule has 0 unspecified atom stereocenters. The molecule has 1 aromatic heterocycles. The maximum atomic E-state index is 12.0. The third kappa shape index (κ3) is 2.55. The van der Waals surface area contributed by atoms with Gasteiger partial charge in [-0.3, -0.25) is 9.78 Å². The first-order chi connectivity index (χ1) is 8.21. The lowest BCUT2D eigenvalue weighted by molar-refractivity contribution is 0.0942. The predicted octanol–water partition coefficient (Wildman–Crippen LogP) is 0.559. The Morgan fingerprint density at radius 3 is 3.00 bits per heavy atom.